The number of carboxylic acid groups (broad SMARTS) is 1. The summed E-state index contributed by atoms with van der Waals surface area (Å²) in [7, 11) is -2.64. The van der Waals surface area contributed by atoms with E-state index in [-0.39, 0.29) is 31.1 Å². The minimum absolute atomic E-state index is 0.0243. The average molecular weight is 459 g/mol. The van der Waals surface area contributed by atoms with E-state index < -0.39 is 27.5 Å². The van der Waals surface area contributed by atoms with E-state index in [2.05, 4.69) is 10.6 Å². The first-order valence-electron chi connectivity index (χ1n) is 9.79. The van der Waals surface area contributed by atoms with Crippen molar-refractivity contribution < 1.29 is 28.0 Å². The summed E-state index contributed by atoms with van der Waals surface area (Å²) in [6, 6.07) is 8.62. The van der Waals surface area contributed by atoms with E-state index in [0.717, 1.165) is 16.7 Å². The highest BCUT2D eigenvalue weighted by molar-refractivity contribution is 7.98. The number of ether oxygens (including phenoxy) is 1. The minimum Gasteiger partial charge on any atom is -0.487 e. The maximum absolute atomic E-state index is 13.7. The highest BCUT2D eigenvalue weighted by atomic mass is 32.2. The van der Waals surface area contributed by atoms with Gasteiger partial charge in [0.1, 0.15) is 24.2 Å². The van der Waals surface area contributed by atoms with Crippen molar-refractivity contribution in [1.82, 2.24) is 5.32 Å². The first-order valence-corrected chi connectivity index (χ1v) is 11.9. The number of carbonyl (C=O) groups is 2. The molecule has 0 saturated heterocycles. The number of anilines is 1. The third kappa shape index (κ3) is 4.52. The van der Waals surface area contributed by atoms with Gasteiger partial charge in [0, 0.05) is 51.3 Å². The molecule has 5 N–H and O–H groups in total. The van der Waals surface area contributed by atoms with Crippen molar-refractivity contribution in [3.8, 4) is 0 Å². The Bertz CT molecular complexity index is 1270. The third-order valence-electron chi connectivity index (χ3n) is 5.25. The van der Waals surface area contributed by atoms with Gasteiger partial charge in [0.25, 0.3) is 5.91 Å². The molecule has 2 aliphatic heterocycles. The molecule has 8 nitrogen and oxygen atoms in total. The Labute approximate surface area is 184 Å². The standard InChI is InChI=1S/C22H22FN3O5S/c1-32(24,30)7-6-18(22(28)29)25-10-12-2-4-15-13(8-12)11-31-20(15)19-16-9-14(23)3-5-17(16)26-21(19)27/h2-5,7-9,18,25H,6,10-11H2,1H3,(H2,24,30)(H,26,27)(H,28,29). The lowest BCUT2D eigenvalue weighted by Gasteiger charge is -2.13. The summed E-state index contributed by atoms with van der Waals surface area (Å²) >= 11 is 0. The highest BCUT2D eigenvalue weighted by Crippen LogP contribution is 2.41. The number of hydrogen-bond acceptors (Lipinski definition) is 5. The Morgan fingerprint density at radius 1 is 1.34 bits per heavy atom. The molecule has 2 aromatic carbocycles. The van der Waals surface area contributed by atoms with Crippen LogP contribution in [-0.2, 0) is 37.2 Å². The van der Waals surface area contributed by atoms with Crippen LogP contribution in [0.1, 0.15) is 28.7 Å². The van der Waals surface area contributed by atoms with Crippen LogP contribution in [-0.4, -0.2) is 38.9 Å². The molecule has 0 bridgehead atoms. The first kappa shape index (κ1) is 22.0. The molecule has 168 valence electrons. The number of fused-ring (bicyclic) bond motifs is 2. The topological polar surface area (TPSA) is 131 Å². The first-order chi connectivity index (χ1) is 15.1. The minimum atomic E-state index is -2.64. The monoisotopic (exact) mass is 459 g/mol. The van der Waals surface area contributed by atoms with E-state index >= 15 is 0 Å². The van der Waals surface area contributed by atoms with Crippen LogP contribution in [0.3, 0.4) is 0 Å². The zero-order chi connectivity index (χ0) is 23.0. The molecule has 1 amide bonds. The van der Waals surface area contributed by atoms with E-state index in [4.69, 9.17) is 9.88 Å². The average Bonchev–Trinajstić information content (AvgIpc) is 3.25. The molecule has 0 radical (unpaired) electrons. The van der Waals surface area contributed by atoms with E-state index in [1.165, 1.54) is 29.8 Å². The van der Waals surface area contributed by atoms with Crippen LogP contribution in [0.15, 0.2) is 36.4 Å². The Morgan fingerprint density at radius 3 is 2.84 bits per heavy atom. The largest absolute Gasteiger partial charge is 0.487 e. The van der Waals surface area contributed by atoms with E-state index in [0.29, 0.717) is 17.0 Å². The van der Waals surface area contributed by atoms with Crippen molar-refractivity contribution in [2.75, 3.05) is 11.6 Å². The smallest absolute Gasteiger partial charge is 0.321 e. The van der Waals surface area contributed by atoms with Crippen LogP contribution in [0.25, 0.3) is 11.3 Å². The predicted octanol–water partition coefficient (Wildman–Crippen LogP) is 1.70. The summed E-state index contributed by atoms with van der Waals surface area (Å²) in [6.07, 6.45) is 1.37. The normalized spacial score (nSPS) is 19.4. The zero-order valence-corrected chi connectivity index (χ0v) is 18.0. The van der Waals surface area contributed by atoms with Crippen LogP contribution >= 0.6 is 0 Å². The molecule has 0 saturated carbocycles. The summed E-state index contributed by atoms with van der Waals surface area (Å²) < 4.78 is 31.2. The van der Waals surface area contributed by atoms with Crippen LogP contribution in [0.2, 0.25) is 0 Å². The summed E-state index contributed by atoms with van der Waals surface area (Å²) in [4.78, 5) is 24.0. The lowest BCUT2D eigenvalue weighted by atomic mass is 9.99. The maximum Gasteiger partial charge on any atom is 0.321 e. The van der Waals surface area contributed by atoms with Crippen LogP contribution in [0.5, 0.6) is 0 Å². The van der Waals surface area contributed by atoms with Crippen LogP contribution in [0, 0.1) is 5.82 Å². The number of carbonyl (C=O) groups excluding carboxylic acids is 1. The summed E-state index contributed by atoms with van der Waals surface area (Å²) in [5.74, 6) is -1.48. The molecule has 32 heavy (non-hydrogen) atoms. The molecule has 0 spiro atoms. The van der Waals surface area contributed by atoms with Crippen molar-refractivity contribution in [2.45, 2.75) is 25.6 Å². The molecule has 2 heterocycles. The second-order valence-corrected chi connectivity index (χ2v) is 10.0. The van der Waals surface area contributed by atoms with Crippen molar-refractivity contribution in [3.63, 3.8) is 0 Å². The molecular weight excluding hydrogens is 437 g/mol. The summed E-state index contributed by atoms with van der Waals surface area (Å²) in [5.41, 5.74) is 3.65. The van der Waals surface area contributed by atoms with Gasteiger partial charge in [-0.05, 0) is 29.1 Å². The molecular formula is C22H22FN3O5S. The lowest BCUT2D eigenvalue weighted by molar-refractivity contribution is -0.139. The van der Waals surface area contributed by atoms with Gasteiger partial charge in [0.05, 0.1) is 5.57 Å². The Morgan fingerprint density at radius 2 is 2.12 bits per heavy atom. The number of benzene rings is 2. The van der Waals surface area contributed by atoms with Gasteiger partial charge < -0.3 is 20.5 Å². The molecule has 10 heteroatoms. The van der Waals surface area contributed by atoms with Gasteiger partial charge in [-0.1, -0.05) is 18.2 Å². The van der Waals surface area contributed by atoms with Gasteiger partial charge in [-0.25, -0.2) is 4.39 Å². The van der Waals surface area contributed by atoms with Crippen molar-refractivity contribution >= 4 is 44.0 Å². The summed E-state index contributed by atoms with van der Waals surface area (Å²) in [5, 5.41) is 21.8. The van der Waals surface area contributed by atoms with Gasteiger partial charge in [0.2, 0.25) is 0 Å². The summed E-state index contributed by atoms with van der Waals surface area (Å²) in [6.45, 7) is 0.495. The molecule has 0 aliphatic carbocycles. The van der Waals surface area contributed by atoms with E-state index in [9.17, 15) is 23.3 Å². The quantitative estimate of drug-likeness (QED) is 0.384. The van der Waals surface area contributed by atoms with Crippen molar-refractivity contribution in [3.05, 3.63) is 64.5 Å². The molecule has 2 aliphatic rings. The number of aliphatic carboxylic acids is 1. The molecule has 4 rings (SSSR count). The number of halogens is 1. The Hall–Kier alpha value is -3.21. The SMILES string of the molecule is CS(N)(=O)=CCC(NCc1ccc2c(c1)COC2=C1C(=O)Nc2ccc(F)cc21)C(=O)O. The second-order valence-electron chi connectivity index (χ2n) is 7.77. The Kier molecular flexibility index (Phi) is 5.76. The van der Waals surface area contributed by atoms with Gasteiger partial charge in [0.15, 0.2) is 0 Å². The van der Waals surface area contributed by atoms with Crippen LogP contribution in [0.4, 0.5) is 10.1 Å². The fraction of sp³-hybridized carbons (Fsp3) is 0.227. The number of hydrogen-bond donors (Lipinski definition) is 4. The van der Waals surface area contributed by atoms with Crippen LogP contribution < -0.4 is 15.8 Å². The third-order valence-corrected chi connectivity index (χ3v) is 6.11. The number of rotatable bonds is 6. The van der Waals surface area contributed by atoms with Gasteiger partial charge in [-0.2, -0.15) is 0 Å². The number of nitrogens with two attached hydrogens (primary N) is 1. The molecule has 0 aromatic heterocycles. The predicted molar refractivity (Wildman–Crippen MR) is 120 cm³/mol. The number of amides is 1. The van der Waals surface area contributed by atoms with E-state index in [1.54, 1.807) is 12.1 Å². The molecule has 2 atom stereocenters. The van der Waals surface area contributed by atoms with Crippen molar-refractivity contribution in [1.29, 1.82) is 0 Å². The van der Waals surface area contributed by atoms with Gasteiger partial charge in [-0.15, -0.1) is 0 Å². The van der Waals surface area contributed by atoms with Gasteiger partial charge in [-0.3, -0.25) is 18.9 Å². The fourth-order valence-electron chi connectivity index (χ4n) is 3.70. The molecule has 2 aromatic rings. The number of nitrogens with one attached hydrogen (secondary N) is 2. The van der Waals surface area contributed by atoms with Crippen molar-refractivity contribution in [2.24, 2.45) is 5.14 Å². The van der Waals surface area contributed by atoms with Gasteiger partial charge >= 0.3 is 5.97 Å². The maximum atomic E-state index is 13.7. The highest BCUT2D eigenvalue weighted by Gasteiger charge is 2.32. The Balaban J connectivity index is 1.57. The fourth-order valence-corrected chi connectivity index (χ4v) is 4.27. The molecule has 2 unspecified atom stereocenters. The number of carboxylic acids is 1. The second kappa shape index (κ2) is 8.38. The molecule has 0 fully saturated rings. The lowest BCUT2D eigenvalue weighted by Crippen LogP contribution is -2.37. The van der Waals surface area contributed by atoms with E-state index in [1.807, 2.05) is 6.07 Å². The zero-order valence-electron chi connectivity index (χ0n) is 17.2.